The first-order valence-corrected chi connectivity index (χ1v) is 8.11. The molecule has 0 bridgehead atoms. The highest BCUT2D eigenvalue weighted by molar-refractivity contribution is 5.23. The fraction of sp³-hybridized carbons (Fsp3) is 0.750. The van der Waals surface area contributed by atoms with E-state index in [9.17, 15) is 0 Å². The molecule has 6 heteroatoms. The van der Waals surface area contributed by atoms with E-state index in [2.05, 4.69) is 27.2 Å². The maximum Gasteiger partial charge on any atom is 0.222 e. The molecule has 0 aromatic carbocycles. The van der Waals surface area contributed by atoms with Crippen molar-refractivity contribution in [1.29, 1.82) is 0 Å². The minimum atomic E-state index is 0.0436. The Hall–Kier alpha value is -1.24. The predicted octanol–water partition coefficient (Wildman–Crippen LogP) is 1.68. The van der Waals surface area contributed by atoms with Crippen molar-refractivity contribution < 1.29 is 9.47 Å². The molecule has 1 aromatic heterocycles. The molecule has 2 fully saturated rings. The van der Waals surface area contributed by atoms with E-state index >= 15 is 0 Å². The Bertz CT molecular complexity index is 468. The second-order valence-corrected chi connectivity index (χ2v) is 6.37. The van der Waals surface area contributed by atoms with E-state index in [0.717, 1.165) is 57.6 Å². The van der Waals surface area contributed by atoms with E-state index in [1.807, 2.05) is 19.4 Å². The Morgan fingerprint density at radius 3 is 2.68 bits per heavy atom. The van der Waals surface area contributed by atoms with Crippen LogP contribution in [0.1, 0.15) is 31.2 Å². The van der Waals surface area contributed by atoms with Gasteiger partial charge in [-0.2, -0.15) is 0 Å². The molecular weight excluding hydrogens is 280 g/mol. The Balaban J connectivity index is 1.59. The van der Waals surface area contributed by atoms with Gasteiger partial charge < -0.3 is 14.8 Å². The molecule has 1 atom stereocenters. The maximum atomic E-state index is 6.13. The van der Waals surface area contributed by atoms with E-state index in [-0.39, 0.29) is 5.60 Å². The first-order chi connectivity index (χ1) is 10.7. The number of anilines is 1. The summed E-state index contributed by atoms with van der Waals surface area (Å²) in [6.07, 6.45) is 8.04. The van der Waals surface area contributed by atoms with Crippen molar-refractivity contribution in [2.45, 2.75) is 43.9 Å². The minimum absolute atomic E-state index is 0.0436. The number of ether oxygens (including phenoxy) is 2. The molecule has 0 amide bonds. The topological polar surface area (TPSA) is 59.5 Å². The minimum Gasteiger partial charge on any atom is -0.381 e. The molecule has 6 nitrogen and oxygen atoms in total. The third kappa shape index (κ3) is 3.56. The predicted molar refractivity (Wildman–Crippen MR) is 84.8 cm³/mol. The number of rotatable bonds is 4. The van der Waals surface area contributed by atoms with Crippen molar-refractivity contribution in [3.63, 3.8) is 0 Å². The van der Waals surface area contributed by atoms with Crippen molar-refractivity contribution in [3.8, 4) is 0 Å². The highest BCUT2D eigenvalue weighted by Gasteiger charge is 2.40. The van der Waals surface area contributed by atoms with Crippen LogP contribution in [0.25, 0.3) is 0 Å². The van der Waals surface area contributed by atoms with Crippen LogP contribution in [0.5, 0.6) is 0 Å². The molecule has 2 aliphatic rings. The van der Waals surface area contributed by atoms with Crippen molar-refractivity contribution in [3.05, 3.63) is 18.0 Å². The van der Waals surface area contributed by atoms with Crippen LogP contribution in [-0.4, -0.2) is 60.4 Å². The zero-order chi connectivity index (χ0) is 15.4. The van der Waals surface area contributed by atoms with Crippen molar-refractivity contribution in [1.82, 2.24) is 14.9 Å². The summed E-state index contributed by atoms with van der Waals surface area (Å²) in [7, 11) is 4.02. The fourth-order valence-corrected chi connectivity index (χ4v) is 3.45. The van der Waals surface area contributed by atoms with Gasteiger partial charge in [0.25, 0.3) is 0 Å². The van der Waals surface area contributed by atoms with E-state index in [4.69, 9.17) is 9.47 Å². The highest BCUT2D eigenvalue weighted by atomic mass is 16.5. The largest absolute Gasteiger partial charge is 0.381 e. The van der Waals surface area contributed by atoms with Gasteiger partial charge in [0.1, 0.15) is 0 Å². The molecule has 3 heterocycles. The quantitative estimate of drug-likeness (QED) is 0.913. The summed E-state index contributed by atoms with van der Waals surface area (Å²) in [6, 6.07) is 0.552. The molecular formula is C16H26N4O2. The van der Waals surface area contributed by atoms with Gasteiger partial charge in [-0.3, -0.25) is 4.90 Å². The third-order valence-electron chi connectivity index (χ3n) is 4.86. The van der Waals surface area contributed by atoms with E-state index in [1.54, 1.807) is 0 Å². The number of hydrogen-bond donors (Lipinski definition) is 1. The fourth-order valence-electron chi connectivity index (χ4n) is 3.45. The maximum absolute atomic E-state index is 6.13. The van der Waals surface area contributed by atoms with Gasteiger partial charge in [-0.15, -0.1) is 0 Å². The normalized spacial score (nSPS) is 24.6. The Labute approximate surface area is 132 Å². The lowest BCUT2D eigenvalue weighted by Crippen LogP contribution is -2.50. The third-order valence-corrected chi connectivity index (χ3v) is 4.86. The van der Waals surface area contributed by atoms with Crippen LogP contribution in [0.4, 0.5) is 5.95 Å². The summed E-state index contributed by atoms with van der Waals surface area (Å²) >= 11 is 0. The van der Waals surface area contributed by atoms with E-state index in [1.165, 1.54) is 0 Å². The lowest BCUT2D eigenvalue weighted by molar-refractivity contribution is -0.150. The molecule has 1 aromatic rings. The van der Waals surface area contributed by atoms with Gasteiger partial charge in [-0.05, 0) is 32.7 Å². The van der Waals surface area contributed by atoms with Crippen LogP contribution >= 0.6 is 0 Å². The smallest absolute Gasteiger partial charge is 0.222 e. The second kappa shape index (κ2) is 6.89. The van der Waals surface area contributed by atoms with Gasteiger partial charge in [0, 0.05) is 57.4 Å². The Morgan fingerprint density at radius 1 is 1.27 bits per heavy atom. The van der Waals surface area contributed by atoms with E-state index < -0.39 is 0 Å². The molecule has 22 heavy (non-hydrogen) atoms. The average molecular weight is 306 g/mol. The Kier molecular flexibility index (Phi) is 4.90. The molecule has 0 unspecified atom stereocenters. The lowest BCUT2D eigenvalue weighted by atomic mass is 9.83. The van der Waals surface area contributed by atoms with Gasteiger partial charge in [-0.25, -0.2) is 9.97 Å². The van der Waals surface area contributed by atoms with Crippen molar-refractivity contribution in [2.24, 2.45) is 0 Å². The van der Waals surface area contributed by atoms with Gasteiger partial charge >= 0.3 is 0 Å². The van der Waals surface area contributed by atoms with Gasteiger partial charge in [-0.1, -0.05) is 0 Å². The number of hydrogen-bond acceptors (Lipinski definition) is 6. The lowest BCUT2D eigenvalue weighted by Gasteiger charge is -2.45. The molecule has 0 saturated carbocycles. The summed E-state index contributed by atoms with van der Waals surface area (Å²) in [5.74, 6) is 0.665. The van der Waals surface area contributed by atoms with Crippen LogP contribution in [0, 0.1) is 0 Å². The van der Waals surface area contributed by atoms with Crippen LogP contribution < -0.4 is 5.32 Å². The second-order valence-electron chi connectivity index (χ2n) is 6.37. The van der Waals surface area contributed by atoms with Crippen molar-refractivity contribution in [2.75, 3.05) is 39.2 Å². The van der Waals surface area contributed by atoms with Gasteiger partial charge in [0.15, 0.2) is 0 Å². The molecule has 0 aliphatic carbocycles. The molecule has 0 radical (unpaired) electrons. The zero-order valence-corrected chi connectivity index (χ0v) is 13.5. The first-order valence-electron chi connectivity index (χ1n) is 8.11. The first kappa shape index (κ1) is 15.6. The standard InChI is InChI=1S/C16H26N4O2/c1-17-15-18-10-13(11-19-15)12-20(2)14-3-6-22-16(9-14)4-7-21-8-5-16/h10-11,14H,3-9,12H2,1-2H3,(H,17,18,19)/t14-/m1/s1. The summed E-state index contributed by atoms with van der Waals surface area (Å²) in [5.41, 5.74) is 1.19. The number of aromatic nitrogens is 2. The average Bonchev–Trinajstić information content (AvgIpc) is 2.56. The zero-order valence-electron chi connectivity index (χ0n) is 13.5. The van der Waals surface area contributed by atoms with Crippen LogP contribution in [0.3, 0.4) is 0 Å². The number of nitrogens with one attached hydrogen (secondary N) is 1. The van der Waals surface area contributed by atoms with Crippen LogP contribution in [0.2, 0.25) is 0 Å². The Morgan fingerprint density at radius 2 is 2.00 bits per heavy atom. The monoisotopic (exact) mass is 306 g/mol. The van der Waals surface area contributed by atoms with Crippen LogP contribution in [0.15, 0.2) is 12.4 Å². The summed E-state index contributed by atoms with van der Waals surface area (Å²) in [4.78, 5) is 11.0. The summed E-state index contributed by atoms with van der Waals surface area (Å²) in [5, 5.41) is 2.95. The van der Waals surface area contributed by atoms with E-state index in [0.29, 0.717) is 12.0 Å². The molecule has 1 spiro atoms. The number of nitrogens with zero attached hydrogens (tertiary/aromatic N) is 3. The molecule has 3 rings (SSSR count). The van der Waals surface area contributed by atoms with Gasteiger partial charge in [0.2, 0.25) is 5.95 Å². The summed E-state index contributed by atoms with van der Waals surface area (Å²) in [6.45, 7) is 3.39. The molecule has 122 valence electrons. The van der Waals surface area contributed by atoms with Crippen molar-refractivity contribution >= 4 is 5.95 Å². The molecule has 2 aliphatic heterocycles. The SMILES string of the molecule is CNc1ncc(CN(C)[C@@H]2CCOC3(CCOCC3)C2)cn1. The van der Waals surface area contributed by atoms with Gasteiger partial charge in [0.05, 0.1) is 5.60 Å². The van der Waals surface area contributed by atoms with Crippen LogP contribution in [-0.2, 0) is 16.0 Å². The highest BCUT2D eigenvalue weighted by Crippen LogP contribution is 2.36. The molecule has 1 N–H and O–H groups in total. The summed E-state index contributed by atoms with van der Waals surface area (Å²) < 4.78 is 11.6. The molecule has 2 saturated heterocycles.